The monoisotopic (exact) mass is 268 g/mol. The van der Waals surface area contributed by atoms with Gasteiger partial charge in [0.15, 0.2) is 0 Å². The molecular formula is C13H17BrO. The van der Waals surface area contributed by atoms with Gasteiger partial charge in [-0.1, -0.05) is 48.0 Å². The number of halogens is 1. The number of hydrogen-bond acceptors (Lipinski definition) is 1. The van der Waals surface area contributed by atoms with Gasteiger partial charge in [-0.15, -0.1) is 0 Å². The van der Waals surface area contributed by atoms with E-state index in [1.54, 1.807) is 0 Å². The molecule has 0 spiro atoms. The molecule has 0 amide bonds. The summed E-state index contributed by atoms with van der Waals surface area (Å²) in [5.74, 6) is 0.988. The van der Waals surface area contributed by atoms with Crippen molar-refractivity contribution in [2.24, 2.45) is 5.41 Å². The smallest absolute Gasteiger partial charge is 0.119 e. The molecule has 2 rings (SSSR count). The van der Waals surface area contributed by atoms with Gasteiger partial charge in [-0.3, -0.25) is 0 Å². The Kier molecular flexibility index (Phi) is 3.06. The highest BCUT2D eigenvalue weighted by Crippen LogP contribution is 2.49. The lowest BCUT2D eigenvalue weighted by Gasteiger charge is -2.50. The molecule has 3 atom stereocenters. The van der Waals surface area contributed by atoms with E-state index in [1.165, 1.54) is 0 Å². The van der Waals surface area contributed by atoms with E-state index in [0.29, 0.717) is 10.9 Å². The SMILES string of the molecule is CCC1(C)C(Br)CC1Oc1ccccc1. The van der Waals surface area contributed by atoms with Gasteiger partial charge in [-0.2, -0.15) is 0 Å². The molecule has 0 bridgehead atoms. The highest BCUT2D eigenvalue weighted by molar-refractivity contribution is 9.09. The van der Waals surface area contributed by atoms with Crippen LogP contribution in [-0.2, 0) is 0 Å². The summed E-state index contributed by atoms with van der Waals surface area (Å²) >= 11 is 3.72. The molecule has 3 unspecified atom stereocenters. The van der Waals surface area contributed by atoms with Crippen molar-refractivity contribution in [3.05, 3.63) is 30.3 Å². The zero-order valence-electron chi connectivity index (χ0n) is 9.24. The number of hydrogen-bond donors (Lipinski definition) is 0. The minimum atomic E-state index is 0.288. The quantitative estimate of drug-likeness (QED) is 0.753. The molecule has 0 aromatic heterocycles. The maximum absolute atomic E-state index is 6.00. The Morgan fingerprint density at radius 3 is 2.60 bits per heavy atom. The summed E-state index contributed by atoms with van der Waals surface area (Å²) in [7, 11) is 0. The zero-order valence-corrected chi connectivity index (χ0v) is 10.8. The van der Waals surface area contributed by atoms with Crippen LogP contribution < -0.4 is 4.74 Å². The minimum Gasteiger partial charge on any atom is -0.490 e. The van der Waals surface area contributed by atoms with Gasteiger partial charge >= 0.3 is 0 Å². The van der Waals surface area contributed by atoms with Crippen LogP contribution in [0.15, 0.2) is 30.3 Å². The van der Waals surface area contributed by atoms with Crippen molar-refractivity contribution in [2.45, 2.75) is 37.6 Å². The van der Waals surface area contributed by atoms with Crippen LogP contribution in [0.4, 0.5) is 0 Å². The first-order valence-electron chi connectivity index (χ1n) is 5.52. The topological polar surface area (TPSA) is 9.23 Å². The van der Waals surface area contributed by atoms with E-state index in [1.807, 2.05) is 30.3 Å². The average Bonchev–Trinajstić information content (AvgIpc) is 2.29. The first-order valence-corrected chi connectivity index (χ1v) is 6.44. The van der Waals surface area contributed by atoms with Gasteiger partial charge in [-0.25, -0.2) is 0 Å². The summed E-state index contributed by atoms with van der Waals surface area (Å²) in [5.41, 5.74) is 0.288. The molecule has 1 aliphatic carbocycles. The molecule has 1 fully saturated rings. The summed E-state index contributed by atoms with van der Waals surface area (Å²) in [6.07, 6.45) is 2.62. The molecule has 1 aromatic carbocycles. The highest BCUT2D eigenvalue weighted by atomic mass is 79.9. The molecule has 0 radical (unpaired) electrons. The molecular weight excluding hydrogens is 252 g/mol. The maximum atomic E-state index is 6.00. The molecule has 1 aliphatic rings. The Labute approximate surface area is 100.0 Å². The second-order valence-electron chi connectivity index (χ2n) is 4.48. The lowest BCUT2D eigenvalue weighted by Crippen LogP contribution is -2.54. The molecule has 1 nitrogen and oxygen atoms in total. The first kappa shape index (κ1) is 11.0. The highest BCUT2D eigenvalue weighted by Gasteiger charge is 2.50. The second kappa shape index (κ2) is 4.17. The Balaban J connectivity index is 2.03. The number of rotatable bonds is 3. The molecule has 0 heterocycles. The van der Waals surface area contributed by atoms with Crippen molar-refractivity contribution in [2.75, 3.05) is 0 Å². The van der Waals surface area contributed by atoms with E-state index in [0.717, 1.165) is 18.6 Å². The van der Waals surface area contributed by atoms with Crippen molar-refractivity contribution >= 4 is 15.9 Å². The number of benzene rings is 1. The normalized spacial score (nSPS) is 34.6. The molecule has 0 aliphatic heterocycles. The van der Waals surface area contributed by atoms with Crippen LogP contribution in [0.3, 0.4) is 0 Å². The van der Waals surface area contributed by atoms with Crippen molar-refractivity contribution in [3.63, 3.8) is 0 Å². The van der Waals surface area contributed by atoms with Gasteiger partial charge in [0.05, 0.1) is 0 Å². The van der Waals surface area contributed by atoms with Crippen LogP contribution in [0.1, 0.15) is 26.7 Å². The molecule has 1 aromatic rings. The lowest BCUT2D eigenvalue weighted by atomic mass is 9.65. The summed E-state index contributed by atoms with van der Waals surface area (Å²) in [4.78, 5) is 0.601. The summed E-state index contributed by atoms with van der Waals surface area (Å²) in [6, 6.07) is 10.1. The Morgan fingerprint density at radius 2 is 2.07 bits per heavy atom. The predicted octanol–water partition coefficient (Wildman–Crippen LogP) is 4.02. The third-order valence-electron chi connectivity index (χ3n) is 3.66. The summed E-state index contributed by atoms with van der Waals surface area (Å²) in [6.45, 7) is 4.53. The van der Waals surface area contributed by atoms with Gasteiger partial charge in [-0.05, 0) is 25.0 Å². The van der Waals surface area contributed by atoms with Gasteiger partial charge in [0.25, 0.3) is 0 Å². The molecule has 2 heteroatoms. The standard InChI is InChI=1S/C13H17BrO/c1-3-13(2)11(14)9-12(13)15-10-7-5-4-6-8-10/h4-8,11-12H,3,9H2,1-2H3. The van der Waals surface area contributed by atoms with Crippen LogP contribution in [0, 0.1) is 5.41 Å². The molecule has 1 saturated carbocycles. The lowest BCUT2D eigenvalue weighted by molar-refractivity contribution is -0.0243. The van der Waals surface area contributed by atoms with Crippen LogP contribution in [0.25, 0.3) is 0 Å². The summed E-state index contributed by atoms with van der Waals surface area (Å²) in [5, 5.41) is 0. The fourth-order valence-electron chi connectivity index (χ4n) is 2.06. The van der Waals surface area contributed by atoms with Gasteiger partial charge in [0, 0.05) is 10.2 Å². The molecule has 15 heavy (non-hydrogen) atoms. The van der Waals surface area contributed by atoms with Crippen molar-refractivity contribution < 1.29 is 4.74 Å². The molecule has 0 saturated heterocycles. The first-order chi connectivity index (χ1) is 7.16. The van der Waals surface area contributed by atoms with Crippen molar-refractivity contribution in [1.82, 2.24) is 0 Å². The van der Waals surface area contributed by atoms with Crippen molar-refractivity contribution in [1.29, 1.82) is 0 Å². The van der Waals surface area contributed by atoms with Gasteiger partial charge in [0.1, 0.15) is 11.9 Å². The van der Waals surface area contributed by atoms with E-state index < -0.39 is 0 Å². The van der Waals surface area contributed by atoms with E-state index in [9.17, 15) is 0 Å². The Bertz CT molecular complexity index is 325. The number of ether oxygens (including phenoxy) is 1. The zero-order chi connectivity index (χ0) is 10.9. The van der Waals surface area contributed by atoms with E-state index in [2.05, 4.69) is 29.8 Å². The third-order valence-corrected chi connectivity index (χ3v) is 5.08. The minimum absolute atomic E-state index is 0.288. The van der Waals surface area contributed by atoms with Crippen LogP contribution in [0.5, 0.6) is 5.75 Å². The second-order valence-corrected chi connectivity index (χ2v) is 5.59. The number of alkyl halides is 1. The van der Waals surface area contributed by atoms with Gasteiger partial charge < -0.3 is 4.74 Å². The largest absolute Gasteiger partial charge is 0.490 e. The van der Waals surface area contributed by atoms with E-state index in [4.69, 9.17) is 4.74 Å². The maximum Gasteiger partial charge on any atom is 0.119 e. The van der Waals surface area contributed by atoms with Crippen LogP contribution >= 0.6 is 15.9 Å². The number of para-hydroxylation sites is 1. The fourth-order valence-corrected chi connectivity index (χ4v) is 3.02. The average molecular weight is 269 g/mol. The van der Waals surface area contributed by atoms with E-state index in [-0.39, 0.29) is 5.41 Å². The van der Waals surface area contributed by atoms with Gasteiger partial charge in [0.2, 0.25) is 0 Å². The summed E-state index contributed by atoms with van der Waals surface area (Å²) < 4.78 is 6.00. The Hall–Kier alpha value is -0.500. The molecule has 82 valence electrons. The predicted molar refractivity (Wildman–Crippen MR) is 66.6 cm³/mol. The molecule has 0 N–H and O–H groups in total. The van der Waals surface area contributed by atoms with Crippen LogP contribution in [0.2, 0.25) is 0 Å². The van der Waals surface area contributed by atoms with Crippen molar-refractivity contribution in [3.8, 4) is 5.75 Å². The fraction of sp³-hybridized carbons (Fsp3) is 0.538. The Morgan fingerprint density at radius 1 is 1.40 bits per heavy atom. The van der Waals surface area contributed by atoms with Crippen LogP contribution in [-0.4, -0.2) is 10.9 Å². The van der Waals surface area contributed by atoms with E-state index >= 15 is 0 Å². The third kappa shape index (κ3) is 1.92.